The first-order valence-corrected chi connectivity index (χ1v) is 15.3. The largest absolute Gasteiger partial charge is 0.371 e. The molecule has 2 aromatic heterocycles. The van der Waals surface area contributed by atoms with Crippen molar-refractivity contribution >= 4 is 39.9 Å². The molecule has 12 heteroatoms. The summed E-state index contributed by atoms with van der Waals surface area (Å²) in [5, 5.41) is 20.4. The van der Waals surface area contributed by atoms with Gasteiger partial charge < -0.3 is 30.1 Å². The fourth-order valence-electron chi connectivity index (χ4n) is 6.23. The average molecular weight is 593 g/mol. The van der Waals surface area contributed by atoms with Gasteiger partial charge in [0.15, 0.2) is 11.5 Å². The van der Waals surface area contributed by atoms with Crippen LogP contribution in [0.15, 0.2) is 54.7 Å². The molecule has 0 spiro atoms. The minimum absolute atomic E-state index is 0.210. The Balaban J connectivity index is 1.06. The number of nitrogens with one attached hydrogen (secondary N) is 2. The second-order valence-corrected chi connectivity index (χ2v) is 11.7. The molecular formula is C32H36N10O2. The molecule has 2 aromatic carbocycles. The second-order valence-electron chi connectivity index (χ2n) is 11.7. The van der Waals surface area contributed by atoms with Crippen molar-refractivity contribution < 1.29 is 9.53 Å². The maximum atomic E-state index is 12.8. The molecular weight excluding hydrogens is 556 g/mol. The summed E-state index contributed by atoms with van der Waals surface area (Å²) in [6, 6.07) is 17.4. The van der Waals surface area contributed by atoms with Gasteiger partial charge in [-0.2, -0.15) is 10.4 Å². The van der Waals surface area contributed by atoms with E-state index in [1.54, 1.807) is 10.9 Å². The number of aromatic nitrogens is 4. The minimum Gasteiger partial charge on any atom is -0.371 e. The number of carbonyl (C=O) groups is 1. The molecule has 3 aliphatic heterocycles. The van der Waals surface area contributed by atoms with E-state index in [1.807, 2.05) is 36.4 Å². The van der Waals surface area contributed by atoms with Crippen LogP contribution < -0.4 is 20.4 Å². The Kier molecular flexibility index (Phi) is 7.72. The van der Waals surface area contributed by atoms with Crippen LogP contribution in [0.25, 0.3) is 22.4 Å². The second kappa shape index (κ2) is 12.1. The molecule has 3 aliphatic rings. The van der Waals surface area contributed by atoms with Gasteiger partial charge in [0, 0.05) is 61.9 Å². The smallest absolute Gasteiger partial charge is 0.323 e. The lowest BCUT2D eigenvalue weighted by Crippen LogP contribution is -2.44. The lowest BCUT2D eigenvalue weighted by Gasteiger charge is -2.34. The number of anilines is 4. The Morgan fingerprint density at radius 1 is 0.932 bits per heavy atom. The SMILES string of the molecule is CN1CCN(c2ccc(NC(=O)Nc3ccc(-c4nc(N5CC6CCC(C5)O6)c5cnn(CCC#N)c5n4)cc3)cc2)CC1. The number of hydrogen-bond acceptors (Lipinski definition) is 9. The zero-order valence-corrected chi connectivity index (χ0v) is 24.8. The zero-order chi connectivity index (χ0) is 30.0. The zero-order valence-electron chi connectivity index (χ0n) is 24.8. The van der Waals surface area contributed by atoms with Crippen molar-refractivity contribution in [3.8, 4) is 17.5 Å². The van der Waals surface area contributed by atoms with Crippen LogP contribution in [-0.2, 0) is 11.3 Å². The highest BCUT2D eigenvalue weighted by Gasteiger charge is 2.35. The highest BCUT2D eigenvalue weighted by Crippen LogP contribution is 2.34. The molecule has 4 aromatic rings. The third-order valence-corrected chi connectivity index (χ3v) is 8.65. The summed E-state index contributed by atoms with van der Waals surface area (Å²) in [4.78, 5) is 29.6. The lowest BCUT2D eigenvalue weighted by atomic mass is 10.2. The fourth-order valence-corrected chi connectivity index (χ4v) is 6.23. The molecule has 0 radical (unpaired) electrons. The van der Waals surface area contributed by atoms with Crippen LogP contribution in [0.4, 0.5) is 27.7 Å². The number of nitrogens with zero attached hydrogens (tertiary/aromatic N) is 8. The van der Waals surface area contributed by atoms with E-state index in [0.717, 1.165) is 80.3 Å². The number of morpholine rings is 1. The van der Waals surface area contributed by atoms with Gasteiger partial charge in [-0.15, -0.1) is 0 Å². The van der Waals surface area contributed by atoms with Gasteiger partial charge >= 0.3 is 6.03 Å². The van der Waals surface area contributed by atoms with Gasteiger partial charge in [0.05, 0.1) is 42.8 Å². The van der Waals surface area contributed by atoms with E-state index in [9.17, 15) is 4.79 Å². The van der Waals surface area contributed by atoms with Gasteiger partial charge in [0.25, 0.3) is 0 Å². The number of ether oxygens (including phenoxy) is 1. The van der Waals surface area contributed by atoms with Crippen molar-refractivity contribution in [2.45, 2.75) is 38.0 Å². The Hall–Kier alpha value is -4.73. The maximum Gasteiger partial charge on any atom is 0.323 e. The summed E-state index contributed by atoms with van der Waals surface area (Å²) >= 11 is 0. The van der Waals surface area contributed by atoms with E-state index in [2.05, 4.69) is 55.7 Å². The molecule has 7 rings (SSSR count). The first-order chi connectivity index (χ1) is 21.5. The molecule has 0 aliphatic carbocycles. The van der Waals surface area contributed by atoms with Crippen LogP contribution in [0.3, 0.4) is 0 Å². The summed E-state index contributed by atoms with van der Waals surface area (Å²) < 4.78 is 7.84. The predicted octanol–water partition coefficient (Wildman–Crippen LogP) is 4.17. The minimum atomic E-state index is -0.312. The van der Waals surface area contributed by atoms with Crippen molar-refractivity contribution in [3.05, 3.63) is 54.7 Å². The molecule has 2 amide bonds. The van der Waals surface area contributed by atoms with Crippen molar-refractivity contribution in [1.29, 1.82) is 5.26 Å². The average Bonchev–Trinajstić information content (AvgIpc) is 3.61. The Labute approximate surface area is 256 Å². The van der Waals surface area contributed by atoms with Gasteiger partial charge in [-0.3, -0.25) is 0 Å². The van der Waals surface area contributed by atoms with E-state index < -0.39 is 0 Å². The van der Waals surface area contributed by atoms with Gasteiger partial charge in [0.1, 0.15) is 5.82 Å². The van der Waals surface area contributed by atoms with E-state index >= 15 is 0 Å². The number of likely N-dealkylation sites (N-methyl/N-ethyl adjacent to an activating group) is 1. The third-order valence-electron chi connectivity index (χ3n) is 8.65. The van der Waals surface area contributed by atoms with Gasteiger partial charge in [-0.25, -0.2) is 19.4 Å². The van der Waals surface area contributed by atoms with Crippen molar-refractivity contribution in [3.63, 3.8) is 0 Å². The monoisotopic (exact) mass is 592 g/mol. The summed E-state index contributed by atoms with van der Waals surface area (Å²) in [6.45, 7) is 6.11. The maximum absolute atomic E-state index is 12.8. The predicted molar refractivity (Wildman–Crippen MR) is 170 cm³/mol. The number of fused-ring (bicyclic) bond motifs is 3. The standard InChI is InChI=1S/C32H36N10O2/c1-39-15-17-40(18-16-39)25-9-7-24(8-10-25)36-32(43)35-23-5-3-22(4-6-23)29-37-30(41-20-26-11-12-27(21-41)44-26)28-19-34-42(14-2-13-33)31(28)38-29/h3-10,19,26-27H,2,11-12,14-18,20-21H2,1H3,(H2,35,36,43). The molecule has 2 atom stereocenters. The lowest BCUT2D eigenvalue weighted by molar-refractivity contribution is 0.0303. The van der Waals surface area contributed by atoms with E-state index in [0.29, 0.717) is 30.1 Å². The summed E-state index contributed by atoms with van der Waals surface area (Å²) in [6.07, 6.45) is 4.69. The number of rotatable bonds is 7. The first-order valence-electron chi connectivity index (χ1n) is 15.3. The third kappa shape index (κ3) is 5.89. The molecule has 3 fully saturated rings. The van der Waals surface area contributed by atoms with Gasteiger partial charge in [0.2, 0.25) is 0 Å². The molecule has 2 bridgehead atoms. The van der Waals surface area contributed by atoms with E-state index in [4.69, 9.17) is 20.0 Å². The fraction of sp³-hybridized carbons (Fsp3) is 0.406. The number of urea groups is 1. The number of aryl methyl sites for hydroxylation is 1. The topological polar surface area (TPSA) is 127 Å². The van der Waals surface area contributed by atoms with E-state index in [-0.39, 0.29) is 18.2 Å². The molecule has 226 valence electrons. The normalized spacial score (nSPS) is 20.1. The van der Waals surface area contributed by atoms with Crippen molar-refractivity contribution in [2.75, 3.05) is 66.7 Å². The summed E-state index contributed by atoms with van der Waals surface area (Å²) in [7, 11) is 2.14. The molecule has 5 heterocycles. The van der Waals surface area contributed by atoms with Crippen LogP contribution in [0.1, 0.15) is 19.3 Å². The highest BCUT2D eigenvalue weighted by atomic mass is 16.5. The number of hydrogen-bond donors (Lipinski definition) is 2. The van der Waals surface area contributed by atoms with Gasteiger partial charge in [-0.05, 0) is 68.4 Å². The highest BCUT2D eigenvalue weighted by molar-refractivity contribution is 6.00. The van der Waals surface area contributed by atoms with Gasteiger partial charge in [-0.1, -0.05) is 0 Å². The Bertz CT molecular complexity index is 1660. The molecule has 2 unspecified atom stereocenters. The molecule has 2 N–H and O–H groups in total. The van der Waals surface area contributed by atoms with Crippen LogP contribution in [0.2, 0.25) is 0 Å². The van der Waals surface area contributed by atoms with Crippen LogP contribution >= 0.6 is 0 Å². The number of benzene rings is 2. The number of carbonyl (C=O) groups excluding carboxylic acids is 1. The summed E-state index contributed by atoms with van der Waals surface area (Å²) in [5.41, 5.74) is 4.08. The Morgan fingerprint density at radius 2 is 1.59 bits per heavy atom. The Morgan fingerprint density at radius 3 is 2.25 bits per heavy atom. The van der Waals surface area contributed by atoms with Crippen molar-refractivity contribution in [2.24, 2.45) is 0 Å². The molecule has 0 saturated carbocycles. The molecule has 44 heavy (non-hydrogen) atoms. The van der Waals surface area contributed by atoms with Crippen molar-refractivity contribution in [1.82, 2.24) is 24.6 Å². The number of amides is 2. The van der Waals surface area contributed by atoms with E-state index in [1.165, 1.54) is 0 Å². The number of piperazine rings is 1. The first kappa shape index (κ1) is 28.1. The summed E-state index contributed by atoms with van der Waals surface area (Å²) in [5.74, 6) is 1.41. The van der Waals surface area contributed by atoms with Crippen LogP contribution in [0.5, 0.6) is 0 Å². The van der Waals surface area contributed by atoms with Crippen LogP contribution in [-0.4, -0.2) is 89.2 Å². The molecule has 3 saturated heterocycles. The quantitative estimate of drug-likeness (QED) is 0.325. The van der Waals surface area contributed by atoms with Crippen LogP contribution in [0, 0.1) is 11.3 Å². The molecule has 12 nitrogen and oxygen atoms in total. The number of nitriles is 1.